The van der Waals surface area contributed by atoms with Gasteiger partial charge in [0.25, 0.3) is 5.91 Å². The molecule has 0 aliphatic rings. The van der Waals surface area contributed by atoms with Crippen molar-refractivity contribution in [3.63, 3.8) is 0 Å². The summed E-state index contributed by atoms with van der Waals surface area (Å²) < 4.78 is 5.28. The number of hydrogen-bond acceptors (Lipinski definition) is 3. The fraction of sp³-hybridized carbons (Fsp3) is 0.125. The number of carbonyl (C=O) groups is 2. The number of benzene rings is 2. The maximum atomic E-state index is 11.9. The first-order chi connectivity index (χ1) is 10.6. The summed E-state index contributed by atoms with van der Waals surface area (Å²) in [6.45, 7) is -0.319. The van der Waals surface area contributed by atoms with E-state index >= 15 is 0 Å². The molecule has 0 bridgehead atoms. The molecule has 2 aromatic rings. The molecule has 1 unspecified atom stereocenters. The van der Waals surface area contributed by atoms with Crippen LogP contribution in [0, 0.1) is 0 Å². The summed E-state index contributed by atoms with van der Waals surface area (Å²) in [7, 11) is 0. The Balaban J connectivity index is 1.98. The third-order valence-electron chi connectivity index (χ3n) is 2.88. The maximum Gasteiger partial charge on any atom is 0.330 e. The average molecular weight is 320 g/mol. The number of ether oxygens (including phenoxy) is 1. The zero-order valence-electron chi connectivity index (χ0n) is 11.5. The fourth-order valence-corrected chi connectivity index (χ4v) is 2.03. The SMILES string of the molecule is O=C(COc1ccccc1Cl)NC(C(=O)O)c1ccccc1. The van der Waals surface area contributed by atoms with Gasteiger partial charge in [-0.25, -0.2) is 4.79 Å². The Morgan fingerprint density at radius 2 is 1.73 bits per heavy atom. The number of carboxylic acid groups (broad SMARTS) is 1. The van der Waals surface area contributed by atoms with Gasteiger partial charge in [0, 0.05) is 0 Å². The van der Waals surface area contributed by atoms with Crippen LogP contribution in [-0.4, -0.2) is 23.6 Å². The largest absolute Gasteiger partial charge is 0.482 e. The monoisotopic (exact) mass is 319 g/mol. The van der Waals surface area contributed by atoms with E-state index in [-0.39, 0.29) is 6.61 Å². The number of halogens is 1. The highest BCUT2D eigenvalue weighted by atomic mass is 35.5. The van der Waals surface area contributed by atoms with Crippen molar-refractivity contribution in [3.8, 4) is 5.75 Å². The van der Waals surface area contributed by atoms with Crippen LogP contribution >= 0.6 is 11.6 Å². The number of nitrogens with one attached hydrogen (secondary N) is 1. The van der Waals surface area contributed by atoms with Crippen molar-refractivity contribution in [2.45, 2.75) is 6.04 Å². The molecular weight excluding hydrogens is 306 g/mol. The Morgan fingerprint density at radius 3 is 2.36 bits per heavy atom. The highest BCUT2D eigenvalue weighted by Gasteiger charge is 2.21. The molecule has 1 amide bonds. The molecular formula is C16H14ClNO4. The molecule has 5 nitrogen and oxygen atoms in total. The molecule has 0 aromatic heterocycles. The van der Waals surface area contributed by atoms with Crippen molar-refractivity contribution in [2.75, 3.05) is 6.61 Å². The number of para-hydroxylation sites is 1. The normalized spacial score (nSPS) is 11.5. The van der Waals surface area contributed by atoms with Gasteiger partial charge in [-0.15, -0.1) is 0 Å². The third-order valence-corrected chi connectivity index (χ3v) is 3.19. The minimum atomic E-state index is -1.14. The number of hydrogen-bond donors (Lipinski definition) is 2. The quantitative estimate of drug-likeness (QED) is 0.858. The minimum absolute atomic E-state index is 0.319. The van der Waals surface area contributed by atoms with E-state index in [1.54, 1.807) is 54.6 Å². The molecule has 0 aliphatic carbocycles. The number of amides is 1. The standard InChI is InChI=1S/C16H14ClNO4/c17-12-8-4-5-9-13(12)22-10-14(19)18-15(16(20)21)11-6-2-1-3-7-11/h1-9,15H,10H2,(H,18,19)(H,20,21). The van der Waals surface area contributed by atoms with Gasteiger partial charge in [0.15, 0.2) is 12.6 Å². The summed E-state index contributed by atoms with van der Waals surface area (Å²) in [5.74, 6) is -1.32. The van der Waals surface area contributed by atoms with Crippen LogP contribution in [0.1, 0.15) is 11.6 Å². The lowest BCUT2D eigenvalue weighted by Crippen LogP contribution is -2.36. The summed E-state index contributed by atoms with van der Waals surface area (Å²) in [6.07, 6.45) is 0. The summed E-state index contributed by atoms with van der Waals surface area (Å²) in [4.78, 5) is 23.2. The molecule has 114 valence electrons. The first-order valence-corrected chi connectivity index (χ1v) is 6.90. The summed E-state index contributed by atoms with van der Waals surface area (Å²) in [6, 6.07) is 14.1. The highest BCUT2D eigenvalue weighted by Crippen LogP contribution is 2.23. The van der Waals surface area contributed by atoms with Gasteiger partial charge in [0.2, 0.25) is 0 Å². The van der Waals surface area contributed by atoms with Crippen molar-refractivity contribution < 1.29 is 19.4 Å². The van der Waals surface area contributed by atoms with Crippen LogP contribution in [-0.2, 0) is 9.59 Å². The topological polar surface area (TPSA) is 75.6 Å². The molecule has 2 N–H and O–H groups in total. The molecule has 0 fully saturated rings. The molecule has 22 heavy (non-hydrogen) atoms. The lowest BCUT2D eigenvalue weighted by atomic mass is 10.1. The lowest BCUT2D eigenvalue weighted by Gasteiger charge is -2.15. The smallest absolute Gasteiger partial charge is 0.330 e. The summed E-state index contributed by atoms with van der Waals surface area (Å²) in [5.41, 5.74) is 0.487. The van der Waals surface area contributed by atoms with Crippen molar-refractivity contribution in [3.05, 3.63) is 65.2 Å². The van der Waals surface area contributed by atoms with Gasteiger partial charge in [0.1, 0.15) is 5.75 Å². The summed E-state index contributed by atoms with van der Waals surface area (Å²) >= 11 is 5.91. The first kappa shape index (κ1) is 15.9. The van der Waals surface area contributed by atoms with E-state index in [0.717, 1.165) is 0 Å². The predicted octanol–water partition coefficient (Wildman–Crippen LogP) is 2.66. The van der Waals surface area contributed by atoms with Crippen LogP contribution in [0.3, 0.4) is 0 Å². The van der Waals surface area contributed by atoms with Gasteiger partial charge in [0.05, 0.1) is 5.02 Å². The van der Waals surface area contributed by atoms with Crippen LogP contribution in [0.15, 0.2) is 54.6 Å². The van der Waals surface area contributed by atoms with Crippen LogP contribution in [0.5, 0.6) is 5.75 Å². The molecule has 2 rings (SSSR count). The minimum Gasteiger partial charge on any atom is -0.482 e. The van der Waals surface area contributed by atoms with Crippen LogP contribution < -0.4 is 10.1 Å². The van der Waals surface area contributed by atoms with Crippen LogP contribution in [0.4, 0.5) is 0 Å². The van der Waals surface area contributed by atoms with E-state index < -0.39 is 17.9 Å². The molecule has 0 heterocycles. The Labute approximate surface area is 132 Å². The van der Waals surface area contributed by atoms with E-state index in [2.05, 4.69) is 5.32 Å². The molecule has 0 saturated carbocycles. The predicted molar refractivity (Wildman–Crippen MR) is 81.9 cm³/mol. The summed E-state index contributed by atoms with van der Waals surface area (Å²) in [5, 5.41) is 12.0. The Hall–Kier alpha value is -2.53. The van der Waals surface area contributed by atoms with Gasteiger partial charge >= 0.3 is 5.97 Å². The van der Waals surface area contributed by atoms with E-state index in [4.69, 9.17) is 16.3 Å². The van der Waals surface area contributed by atoms with Crippen molar-refractivity contribution in [1.82, 2.24) is 5.32 Å². The zero-order valence-corrected chi connectivity index (χ0v) is 12.3. The van der Waals surface area contributed by atoms with Gasteiger partial charge < -0.3 is 15.2 Å². The number of rotatable bonds is 6. The Kier molecular flexibility index (Phi) is 5.38. The molecule has 0 radical (unpaired) electrons. The second kappa shape index (κ2) is 7.47. The first-order valence-electron chi connectivity index (χ1n) is 6.52. The Morgan fingerprint density at radius 1 is 1.09 bits per heavy atom. The lowest BCUT2D eigenvalue weighted by molar-refractivity contribution is -0.142. The van der Waals surface area contributed by atoms with Crippen molar-refractivity contribution in [2.24, 2.45) is 0 Å². The second-order valence-electron chi connectivity index (χ2n) is 4.47. The molecule has 1 atom stereocenters. The second-order valence-corrected chi connectivity index (χ2v) is 4.88. The molecule has 2 aromatic carbocycles. The number of carboxylic acids is 1. The van der Waals surface area contributed by atoms with Gasteiger partial charge in [-0.05, 0) is 17.7 Å². The fourth-order valence-electron chi connectivity index (χ4n) is 1.84. The van der Waals surface area contributed by atoms with Crippen molar-refractivity contribution >= 4 is 23.5 Å². The maximum absolute atomic E-state index is 11.9. The zero-order chi connectivity index (χ0) is 15.9. The molecule has 0 aliphatic heterocycles. The van der Waals surface area contributed by atoms with Gasteiger partial charge in [-0.2, -0.15) is 0 Å². The average Bonchev–Trinajstić information content (AvgIpc) is 2.52. The van der Waals surface area contributed by atoms with Gasteiger partial charge in [-0.1, -0.05) is 54.1 Å². The number of carbonyl (C=O) groups excluding carboxylic acids is 1. The van der Waals surface area contributed by atoms with Crippen LogP contribution in [0.25, 0.3) is 0 Å². The van der Waals surface area contributed by atoms with E-state index in [9.17, 15) is 14.7 Å². The van der Waals surface area contributed by atoms with Gasteiger partial charge in [-0.3, -0.25) is 4.79 Å². The van der Waals surface area contributed by atoms with Crippen LogP contribution in [0.2, 0.25) is 5.02 Å². The number of aliphatic carboxylic acids is 1. The molecule has 6 heteroatoms. The molecule has 0 saturated heterocycles. The van der Waals surface area contributed by atoms with E-state index in [0.29, 0.717) is 16.3 Å². The molecule has 0 spiro atoms. The Bertz CT molecular complexity index is 660. The van der Waals surface area contributed by atoms with E-state index in [1.165, 1.54) is 0 Å². The van der Waals surface area contributed by atoms with E-state index in [1.807, 2.05) is 0 Å². The third kappa shape index (κ3) is 4.23. The van der Waals surface area contributed by atoms with Crippen molar-refractivity contribution in [1.29, 1.82) is 0 Å². The highest BCUT2D eigenvalue weighted by molar-refractivity contribution is 6.32.